The number of sulfonamides is 1. The van der Waals surface area contributed by atoms with Gasteiger partial charge in [-0.15, -0.1) is 0 Å². The number of rotatable bonds is 9. The maximum Gasteiger partial charge on any atom is 0.259 e. The molecule has 0 bridgehead atoms. The van der Waals surface area contributed by atoms with Crippen molar-refractivity contribution in [3.8, 4) is 5.75 Å². The summed E-state index contributed by atoms with van der Waals surface area (Å²) < 4.78 is 39.5. The van der Waals surface area contributed by atoms with Crippen molar-refractivity contribution < 1.29 is 22.7 Å². The molecule has 0 aliphatic carbocycles. The van der Waals surface area contributed by atoms with Crippen molar-refractivity contribution in [3.05, 3.63) is 52.5 Å². The molecule has 2 N–H and O–H groups in total. The van der Waals surface area contributed by atoms with E-state index in [1.165, 1.54) is 12.1 Å². The number of amides is 1. The highest BCUT2D eigenvalue weighted by Gasteiger charge is 2.20. The van der Waals surface area contributed by atoms with Crippen molar-refractivity contribution in [3.63, 3.8) is 0 Å². The van der Waals surface area contributed by atoms with Crippen LogP contribution in [0.3, 0.4) is 0 Å². The maximum atomic E-state index is 12.8. The molecule has 31 heavy (non-hydrogen) atoms. The molecule has 0 aromatic heterocycles. The lowest BCUT2D eigenvalue weighted by Gasteiger charge is -2.14. The summed E-state index contributed by atoms with van der Waals surface area (Å²) in [4.78, 5) is 12.9. The van der Waals surface area contributed by atoms with Gasteiger partial charge < -0.3 is 14.8 Å². The van der Waals surface area contributed by atoms with Crippen molar-refractivity contribution in [1.29, 1.82) is 0 Å². The van der Waals surface area contributed by atoms with Crippen LogP contribution in [0.25, 0.3) is 0 Å². The molecule has 2 aromatic rings. The lowest BCUT2D eigenvalue weighted by Crippen LogP contribution is -2.31. The first-order valence-electron chi connectivity index (χ1n) is 10.2. The molecule has 3 rings (SSSR count). The predicted molar refractivity (Wildman–Crippen MR) is 123 cm³/mol. The first-order valence-corrected chi connectivity index (χ1v) is 12.5. The van der Waals surface area contributed by atoms with Gasteiger partial charge in [-0.1, -0.05) is 29.8 Å². The average molecular weight is 511 g/mol. The molecule has 1 aliphatic heterocycles. The lowest BCUT2D eigenvalue weighted by atomic mass is 10.1. The van der Waals surface area contributed by atoms with Crippen LogP contribution >= 0.6 is 15.9 Å². The standard InChI is InChI=1S/C22H27BrN2O5S/c1-15(2)14-30-21-10-5-16(23)12-20(21)22(26)25-17-6-8-19(9-7-17)31(27,28)24-13-18-4-3-11-29-18/h5-10,12,15,18,24H,3-4,11,13-14H2,1-2H3,(H,25,26). The number of carbonyl (C=O) groups excluding carboxylic acids is 1. The molecule has 1 atom stereocenters. The second-order valence-corrected chi connectivity index (χ2v) is 10.5. The molecule has 1 unspecified atom stereocenters. The zero-order chi connectivity index (χ0) is 22.4. The normalized spacial score (nSPS) is 16.5. The fourth-order valence-electron chi connectivity index (χ4n) is 3.07. The molecule has 7 nitrogen and oxygen atoms in total. The quantitative estimate of drug-likeness (QED) is 0.527. The molecule has 2 aromatic carbocycles. The molecule has 0 radical (unpaired) electrons. The molecule has 1 fully saturated rings. The number of carbonyl (C=O) groups is 1. The van der Waals surface area contributed by atoms with Crippen LogP contribution in [0.4, 0.5) is 5.69 Å². The van der Waals surface area contributed by atoms with Crippen LogP contribution in [-0.2, 0) is 14.8 Å². The molecular weight excluding hydrogens is 484 g/mol. The molecule has 1 amide bonds. The molecule has 0 spiro atoms. The number of nitrogens with one attached hydrogen (secondary N) is 2. The topological polar surface area (TPSA) is 93.7 Å². The van der Waals surface area contributed by atoms with Gasteiger partial charge in [-0.3, -0.25) is 4.79 Å². The summed E-state index contributed by atoms with van der Waals surface area (Å²) in [5, 5.41) is 2.79. The Kier molecular flexibility index (Phi) is 8.10. The maximum absolute atomic E-state index is 12.8. The molecule has 0 saturated carbocycles. The van der Waals surface area contributed by atoms with Gasteiger partial charge in [0.15, 0.2) is 0 Å². The fraction of sp³-hybridized carbons (Fsp3) is 0.409. The number of anilines is 1. The second-order valence-electron chi connectivity index (χ2n) is 7.81. The summed E-state index contributed by atoms with van der Waals surface area (Å²) in [6.07, 6.45) is 1.72. The van der Waals surface area contributed by atoms with E-state index in [0.29, 0.717) is 36.1 Å². The largest absolute Gasteiger partial charge is 0.492 e. The summed E-state index contributed by atoms with van der Waals surface area (Å²) in [6, 6.07) is 11.3. The number of ether oxygens (including phenoxy) is 2. The fourth-order valence-corrected chi connectivity index (χ4v) is 4.50. The Bertz CT molecular complexity index is 1000. The zero-order valence-corrected chi connectivity index (χ0v) is 20.0. The van der Waals surface area contributed by atoms with Crippen LogP contribution in [0.5, 0.6) is 5.75 Å². The Morgan fingerprint density at radius 1 is 1.23 bits per heavy atom. The van der Waals surface area contributed by atoms with Gasteiger partial charge in [0.1, 0.15) is 5.75 Å². The number of halogens is 1. The second kappa shape index (κ2) is 10.6. The summed E-state index contributed by atoms with van der Waals surface area (Å²) in [6.45, 7) is 5.48. The monoisotopic (exact) mass is 510 g/mol. The molecule has 1 saturated heterocycles. The third kappa shape index (κ3) is 6.77. The van der Waals surface area contributed by atoms with Crippen molar-refractivity contribution >= 4 is 37.5 Å². The smallest absolute Gasteiger partial charge is 0.259 e. The molecule has 1 aliphatic rings. The van der Waals surface area contributed by atoms with E-state index >= 15 is 0 Å². The van der Waals surface area contributed by atoms with E-state index in [-0.39, 0.29) is 23.5 Å². The van der Waals surface area contributed by atoms with Gasteiger partial charge in [-0.25, -0.2) is 13.1 Å². The highest BCUT2D eigenvalue weighted by molar-refractivity contribution is 9.10. The third-order valence-corrected chi connectivity index (χ3v) is 6.64. The Balaban J connectivity index is 1.66. The van der Waals surface area contributed by atoms with Gasteiger partial charge in [0.05, 0.1) is 23.2 Å². The van der Waals surface area contributed by atoms with Crippen molar-refractivity contribution in [1.82, 2.24) is 4.72 Å². The van der Waals surface area contributed by atoms with Gasteiger partial charge in [-0.2, -0.15) is 0 Å². The minimum Gasteiger partial charge on any atom is -0.492 e. The van der Waals surface area contributed by atoms with E-state index < -0.39 is 10.0 Å². The molecular formula is C22H27BrN2O5S. The van der Waals surface area contributed by atoms with Gasteiger partial charge in [0.2, 0.25) is 10.0 Å². The molecule has 168 valence electrons. The van der Waals surface area contributed by atoms with Crippen LogP contribution in [0.1, 0.15) is 37.0 Å². The van der Waals surface area contributed by atoms with Gasteiger partial charge in [-0.05, 0) is 61.2 Å². The minimum absolute atomic E-state index is 0.0781. The van der Waals surface area contributed by atoms with Gasteiger partial charge in [0.25, 0.3) is 5.91 Å². The Hall–Kier alpha value is -1.94. The van der Waals surface area contributed by atoms with E-state index in [4.69, 9.17) is 9.47 Å². The highest BCUT2D eigenvalue weighted by atomic mass is 79.9. The van der Waals surface area contributed by atoms with Gasteiger partial charge >= 0.3 is 0 Å². The van der Waals surface area contributed by atoms with Crippen LogP contribution in [0.15, 0.2) is 51.8 Å². The summed E-state index contributed by atoms with van der Waals surface area (Å²) in [7, 11) is -3.64. The summed E-state index contributed by atoms with van der Waals surface area (Å²) in [5.74, 6) is 0.474. The van der Waals surface area contributed by atoms with Crippen LogP contribution in [-0.4, -0.2) is 40.2 Å². The highest BCUT2D eigenvalue weighted by Crippen LogP contribution is 2.25. The SMILES string of the molecule is CC(C)COc1ccc(Br)cc1C(=O)Nc1ccc(S(=O)(=O)NCC2CCCO2)cc1. The average Bonchev–Trinajstić information content (AvgIpc) is 3.25. The van der Waals surface area contributed by atoms with Crippen LogP contribution in [0, 0.1) is 5.92 Å². The molecule has 9 heteroatoms. The van der Waals surface area contributed by atoms with E-state index in [1.54, 1.807) is 24.3 Å². The van der Waals surface area contributed by atoms with Gasteiger partial charge in [0, 0.05) is 23.3 Å². The van der Waals surface area contributed by atoms with Crippen molar-refractivity contribution in [2.75, 3.05) is 25.1 Å². The first kappa shape index (κ1) is 23.7. The number of benzene rings is 2. The van der Waals surface area contributed by atoms with Crippen molar-refractivity contribution in [2.24, 2.45) is 5.92 Å². The molecule has 1 heterocycles. The Morgan fingerprint density at radius 2 is 1.97 bits per heavy atom. The Labute approximate surface area is 191 Å². The van der Waals surface area contributed by atoms with E-state index in [1.807, 2.05) is 19.9 Å². The first-order chi connectivity index (χ1) is 14.7. The van der Waals surface area contributed by atoms with E-state index in [9.17, 15) is 13.2 Å². The van der Waals surface area contributed by atoms with Crippen LogP contribution < -0.4 is 14.8 Å². The predicted octanol–water partition coefficient (Wildman–Crippen LogP) is 4.19. The lowest BCUT2D eigenvalue weighted by molar-refractivity contribution is 0.102. The summed E-state index contributed by atoms with van der Waals surface area (Å²) in [5.41, 5.74) is 0.878. The van der Waals surface area contributed by atoms with E-state index in [0.717, 1.165) is 17.3 Å². The van der Waals surface area contributed by atoms with Crippen LogP contribution in [0.2, 0.25) is 0 Å². The zero-order valence-electron chi connectivity index (χ0n) is 17.6. The Morgan fingerprint density at radius 3 is 2.61 bits per heavy atom. The number of hydrogen-bond acceptors (Lipinski definition) is 5. The summed E-state index contributed by atoms with van der Waals surface area (Å²) >= 11 is 3.38. The van der Waals surface area contributed by atoms with Crippen molar-refractivity contribution in [2.45, 2.75) is 37.7 Å². The minimum atomic E-state index is -3.64. The number of hydrogen-bond donors (Lipinski definition) is 2. The van der Waals surface area contributed by atoms with E-state index in [2.05, 4.69) is 26.0 Å². The third-order valence-electron chi connectivity index (χ3n) is 4.71.